The molecule has 6 aromatic rings. The summed E-state index contributed by atoms with van der Waals surface area (Å²) in [7, 11) is 0. The zero-order chi connectivity index (χ0) is 41.7. The Hall–Kier alpha value is -5.64. The second kappa shape index (κ2) is 16.4. The molecule has 0 bridgehead atoms. The molecule has 2 amide bonds. The van der Waals surface area contributed by atoms with Crippen LogP contribution in [0.1, 0.15) is 80.6 Å². The Labute approximate surface area is 352 Å². The summed E-state index contributed by atoms with van der Waals surface area (Å²) in [5, 5.41) is 37.3. The average molecular weight is 830 g/mol. The van der Waals surface area contributed by atoms with Crippen LogP contribution in [0.5, 0.6) is 5.75 Å². The molecule has 3 fully saturated rings. The number of rotatable bonds is 11. The number of nitrogens with zero attached hydrogens (tertiary/aromatic N) is 7. The molecule has 2 aromatic carbocycles. The van der Waals surface area contributed by atoms with Gasteiger partial charge in [0.2, 0.25) is 11.8 Å². The number of thiazole rings is 1. The molecule has 4 aromatic heterocycles. The first-order valence-electron chi connectivity index (χ1n) is 20.9. The van der Waals surface area contributed by atoms with Crippen LogP contribution < -0.4 is 10.2 Å². The van der Waals surface area contributed by atoms with Crippen LogP contribution in [0, 0.1) is 12.8 Å². The predicted octanol–water partition coefficient (Wildman–Crippen LogP) is 6.40. The Kier molecular flexibility index (Phi) is 10.9. The number of phenols is 1. The molecule has 7 heterocycles. The van der Waals surface area contributed by atoms with E-state index in [0.29, 0.717) is 34.8 Å². The largest absolute Gasteiger partial charge is 0.507 e. The summed E-state index contributed by atoms with van der Waals surface area (Å²) in [6, 6.07) is 20.5. The summed E-state index contributed by atoms with van der Waals surface area (Å²) in [5.74, 6) is 0.428. The number of benzene rings is 2. The number of para-hydroxylation sites is 1. The Bertz CT molecular complexity index is 2480. The van der Waals surface area contributed by atoms with Crippen molar-refractivity contribution in [3.05, 3.63) is 95.0 Å². The van der Waals surface area contributed by atoms with Gasteiger partial charge in [-0.1, -0.05) is 55.4 Å². The maximum atomic E-state index is 14.3. The molecule has 15 heteroatoms. The van der Waals surface area contributed by atoms with Gasteiger partial charge in [-0.3, -0.25) is 14.5 Å². The number of anilines is 1. The zero-order valence-electron chi connectivity index (χ0n) is 34.3. The van der Waals surface area contributed by atoms with Gasteiger partial charge in [0.1, 0.15) is 23.2 Å². The molecule has 0 aliphatic carbocycles. The van der Waals surface area contributed by atoms with Crippen LogP contribution in [0.3, 0.4) is 0 Å². The van der Waals surface area contributed by atoms with Crippen molar-refractivity contribution < 1.29 is 24.3 Å². The molecule has 0 saturated carbocycles. The van der Waals surface area contributed by atoms with E-state index in [1.165, 1.54) is 4.90 Å². The summed E-state index contributed by atoms with van der Waals surface area (Å²) >= 11 is 1.60. The maximum Gasteiger partial charge on any atom is 0.243 e. The normalized spacial score (nSPS) is 20.2. The molecule has 4 N–H and O–H groups in total. The highest BCUT2D eigenvalue weighted by atomic mass is 32.1. The zero-order valence-corrected chi connectivity index (χ0v) is 35.1. The van der Waals surface area contributed by atoms with Gasteiger partial charge in [0, 0.05) is 68.4 Å². The van der Waals surface area contributed by atoms with Gasteiger partial charge in [-0.15, -0.1) is 21.5 Å². The van der Waals surface area contributed by atoms with Crippen LogP contribution >= 0.6 is 11.3 Å². The van der Waals surface area contributed by atoms with Gasteiger partial charge in [0.15, 0.2) is 11.6 Å². The third-order valence-corrected chi connectivity index (χ3v) is 13.6. The molecule has 4 atom stereocenters. The quantitative estimate of drug-likeness (QED) is 0.114. The minimum Gasteiger partial charge on any atom is -0.507 e. The number of hydrogen-bond donors (Lipinski definition) is 4. The van der Waals surface area contributed by atoms with E-state index in [1.807, 2.05) is 81.7 Å². The van der Waals surface area contributed by atoms with Gasteiger partial charge in [-0.25, -0.2) is 4.98 Å². The summed E-state index contributed by atoms with van der Waals surface area (Å²) in [5.41, 5.74) is 9.02. The number of fused-ring (bicyclic) bond motifs is 1. The Morgan fingerprint density at radius 1 is 0.983 bits per heavy atom. The van der Waals surface area contributed by atoms with Crippen molar-refractivity contribution >= 4 is 40.0 Å². The lowest BCUT2D eigenvalue weighted by Gasteiger charge is -2.47. The van der Waals surface area contributed by atoms with Crippen molar-refractivity contribution in [2.24, 2.45) is 5.92 Å². The number of phenolic OH excluding ortho intramolecular Hbond substituents is 1. The number of aryl methyl sites for hydroxylation is 1. The van der Waals surface area contributed by atoms with Gasteiger partial charge in [-0.05, 0) is 68.0 Å². The number of aliphatic hydroxyl groups excluding tert-OH is 1. The highest BCUT2D eigenvalue weighted by molar-refractivity contribution is 7.13. The molecule has 0 radical (unpaired) electrons. The van der Waals surface area contributed by atoms with E-state index in [2.05, 4.69) is 46.5 Å². The van der Waals surface area contributed by atoms with E-state index in [1.54, 1.807) is 23.5 Å². The predicted molar refractivity (Wildman–Crippen MR) is 230 cm³/mol. The summed E-state index contributed by atoms with van der Waals surface area (Å²) in [6.45, 7) is 11.5. The standard InChI is InChI=1S/C45H51N9O5S/c1-25(2)42(45(58)54-23-32(55)17-38(54)44(57)47-26(3)28-9-11-29(12-10-28)43-27(4)46-24-60-43)40-20-41(51-59-40)52-15-13-31(14-16-52)53-21-30(22-53)34-18-37-36(48-34)19-35(49-50-37)33-7-5-6-8-39(33)56/h5-12,18-20,24-26,30-32,38,42,48,55-56H,13-17,21-23H2,1-4H3,(H,47,57)/t26-,32+,38-,42+/m0/s1. The van der Waals surface area contributed by atoms with Crippen molar-refractivity contribution in [2.75, 3.05) is 37.6 Å². The average Bonchev–Trinajstić information content (AvgIpc) is 4.05. The molecule has 312 valence electrons. The van der Waals surface area contributed by atoms with E-state index >= 15 is 0 Å². The summed E-state index contributed by atoms with van der Waals surface area (Å²) in [4.78, 5) is 43.4. The molecular weight excluding hydrogens is 779 g/mol. The number of aromatic nitrogens is 5. The van der Waals surface area contributed by atoms with Crippen molar-refractivity contribution in [1.29, 1.82) is 0 Å². The van der Waals surface area contributed by atoms with Crippen LogP contribution in [0.15, 0.2) is 76.8 Å². The number of aromatic amines is 1. The van der Waals surface area contributed by atoms with Crippen LogP contribution in [-0.4, -0.2) is 108 Å². The van der Waals surface area contributed by atoms with Gasteiger partial charge >= 0.3 is 0 Å². The number of likely N-dealkylation sites (tertiary alicyclic amines) is 2. The summed E-state index contributed by atoms with van der Waals surface area (Å²) < 4.78 is 5.90. The monoisotopic (exact) mass is 829 g/mol. The van der Waals surface area contributed by atoms with E-state index in [-0.39, 0.29) is 42.5 Å². The summed E-state index contributed by atoms with van der Waals surface area (Å²) in [6.07, 6.45) is 1.34. The maximum absolute atomic E-state index is 14.3. The number of carbonyl (C=O) groups excluding carboxylic acids is 2. The van der Waals surface area contributed by atoms with Gasteiger partial charge < -0.3 is 34.8 Å². The smallest absolute Gasteiger partial charge is 0.243 e. The number of aromatic hydroxyl groups is 1. The highest BCUT2D eigenvalue weighted by Gasteiger charge is 2.44. The van der Waals surface area contributed by atoms with E-state index in [4.69, 9.17) is 4.52 Å². The number of nitrogens with one attached hydrogen (secondary N) is 2. The molecule has 3 aliphatic rings. The first-order valence-corrected chi connectivity index (χ1v) is 21.8. The van der Waals surface area contributed by atoms with Crippen LogP contribution in [-0.2, 0) is 9.59 Å². The topological polar surface area (TPSA) is 177 Å². The Morgan fingerprint density at radius 3 is 2.47 bits per heavy atom. The number of aliphatic hydroxyl groups is 1. The van der Waals surface area contributed by atoms with Crippen molar-refractivity contribution in [1.82, 2.24) is 40.4 Å². The Balaban J connectivity index is 0.791. The number of β-amino-alcohol motifs (C(OH)–C–C–N with tert-alkyl or cyclic N) is 1. The second-order valence-corrected chi connectivity index (χ2v) is 17.8. The van der Waals surface area contributed by atoms with Crippen molar-refractivity contribution in [2.45, 2.75) is 83.0 Å². The van der Waals surface area contributed by atoms with E-state index in [0.717, 1.165) is 77.4 Å². The number of amides is 2. The lowest BCUT2D eigenvalue weighted by molar-refractivity contribution is -0.141. The molecule has 60 heavy (non-hydrogen) atoms. The van der Waals surface area contributed by atoms with Crippen LogP contribution in [0.25, 0.3) is 32.7 Å². The van der Waals surface area contributed by atoms with Crippen molar-refractivity contribution in [3.8, 4) is 27.4 Å². The second-order valence-electron chi connectivity index (χ2n) is 17.0. The lowest BCUT2D eigenvalue weighted by Crippen LogP contribution is -2.54. The number of H-pyrrole nitrogens is 1. The first kappa shape index (κ1) is 39.8. The SMILES string of the molecule is Cc1ncsc1-c1ccc([C@H](C)NC(=O)[C@@H]2C[C@@H](O)CN2C(=O)[C@@H](c2cc(N3CCC(N4CC(c5cc6nnc(-c7ccccc7O)cc6[nH]5)C4)CC3)no2)C(C)C)cc1. The fraction of sp³-hybridized carbons (Fsp3) is 0.422. The van der Waals surface area contributed by atoms with Crippen molar-refractivity contribution in [3.63, 3.8) is 0 Å². The first-order chi connectivity index (χ1) is 29.0. The van der Waals surface area contributed by atoms with E-state index < -0.39 is 18.1 Å². The number of hydrogen-bond acceptors (Lipinski definition) is 12. The number of piperidine rings is 1. The molecule has 14 nitrogen and oxygen atoms in total. The lowest BCUT2D eigenvalue weighted by atomic mass is 9.90. The highest BCUT2D eigenvalue weighted by Crippen LogP contribution is 2.37. The third-order valence-electron chi connectivity index (χ3n) is 12.6. The van der Waals surface area contributed by atoms with Gasteiger partial charge in [-0.2, -0.15) is 0 Å². The number of carbonyl (C=O) groups is 2. The molecule has 3 saturated heterocycles. The molecular formula is C45H51N9O5S. The fourth-order valence-electron chi connectivity index (χ4n) is 9.15. The minimum absolute atomic E-state index is 0.0816. The van der Waals surface area contributed by atoms with Gasteiger partial charge in [0.05, 0.1) is 39.4 Å². The molecule has 9 rings (SSSR count). The minimum atomic E-state index is -0.802. The third kappa shape index (κ3) is 7.77. The Morgan fingerprint density at radius 2 is 1.75 bits per heavy atom. The van der Waals surface area contributed by atoms with E-state index in [9.17, 15) is 19.8 Å². The molecule has 3 aliphatic heterocycles. The molecule has 0 unspecified atom stereocenters. The fourth-order valence-corrected chi connectivity index (χ4v) is 9.96. The van der Waals surface area contributed by atoms with Gasteiger partial charge in [0.25, 0.3) is 0 Å². The molecule has 0 spiro atoms. The van der Waals surface area contributed by atoms with Crippen LogP contribution in [0.4, 0.5) is 5.82 Å². The van der Waals surface area contributed by atoms with Crippen LogP contribution in [0.2, 0.25) is 0 Å².